The van der Waals surface area contributed by atoms with E-state index < -0.39 is 35.8 Å². The monoisotopic (exact) mass is 498 g/mol. The average Bonchev–Trinajstić information content (AvgIpc) is 2.89. The fourth-order valence-electron chi connectivity index (χ4n) is 4.44. The zero-order valence-electron chi connectivity index (χ0n) is 19.7. The number of benzene rings is 2. The molecule has 0 aliphatic carbocycles. The number of rotatable bonds is 8. The van der Waals surface area contributed by atoms with Crippen LogP contribution in [-0.4, -0.2) is 53.1 Å². The number of ether oxygens (including phenoxy) is 2. The summed E-state index contributed by atoms with van der Waals surface area (Å²) < 4.78 is 38.3. The second kappa shape index (κ2) is 11.6. The number of carbonyl (C=O) groups excluding carboxylic acids is 1. The van der Waals surface area contributed by atoms with Crippen LogP contribution in [0.15, 0.2) is 54.7 Å². The van der Waals surface area contributed by atoms with E-state index in [2.05, 4.69) is 10.3 Å². The Bertz CT molecular complexity index is 1250. The van der Waals surface area contributed by atoms with Crippen LogP contribution < -0.4 is 10.1 Å². The molecule has 4 atom stereocenters. The molecule has 2 heterocycles. The molecule has 0 radical (unpaired) electrons. The lowest BCUT2D eigenvalue weighted by atomic mass is 9.92. The van der Waals surface area contributed by atoms with Crippen LogP contribution in [0, 0.1) is 11.6 Å². The van der Waals surface area contributed by atoms with Crippen LogP contribution in [0.2, 0.25) is 0 Å². The molecule has 1 fully saturated rings. The number of fused-ring (bicyclic) bond motifs is 1. The number of carbonyl (C=O) groups is 1. The SMILES string of the molecule is COc1cnc2cccc([C@@H](O)C[C@@H]3CC[C@@H](NC(=O)/C=C/c4cc(F)ccc4F)[C@@H](CO)O3)c2c1. The van der Waals surface area contributed by atoms with Crippen molar-refractivity contribution in [2.75, 3.05) is 13.7 Å². The molecule has 7 nitrogen and oxygen atoms in total. The highest BCUT2D eigenvalue weighted by molar-refractivity contribution is 5.92. The molecule has 3 N–H and O–H groups in total. The molecule has 1 aliphatic heterocycles. The summed E-state index contributed by atoms with van der Waals surface area (Å²) in [6.45, 7) is -0.324. The Balaban J connectivity index is 1.37. The van der Waals surface area contributed by atoms with Gasteiger partial charge in [-0.15, -0.1) is 0 Å². The lowest BCUT2D eigenvalue weighted by Crippen LogP contribution is -2.50. The molecule has 9 heteroatoms. The van der Waals surface area contributed by atoms with Crippen molar-refractivity contribution in [3.8, 4) is 5.75 Å². The largest absolute Gasteiger partial charge is 0.495 e. The first-order chi connectivity index (χ1) is 17.4. The van der Waals surface area contributed by atoms with E-state index in [0.29, 0.717) is 30.6 Å². The maximum absolute atomic E-state index is 13.8. The molecule has 3 aromatic rings. The number of halogens is 2. The first kappa shape index (κ1) is 25.7. The average molecular weight is 499 g/mol. The second-order valence-corrected chi connectivity index (χ2v) is 8.71. The summed E-state index contributed by atoms with van der Waals surface area (Å²) in [4.78, 5) is 16.7. The molecule has 0 bridgehead atoms. The summed E-state index contributed by atoms with van der Waals surface area (Å²) in [6, 6.07) is 9.86. The van der Waals surface area contributed by atoms with Gasteiger partial charge in [-0.3, -0.25) is 9.78 Å². The van der Waals surface area contributed by atoms with Crippen LogP contribution in [0.3, 0.4) is 0 Å². The zero-order chi connectivity index (χ0) is 25.7. The molecule has 2 aromatic carbocycles. The fraction of sp³-hybridized carbons (Fsp3) is 0.333. The van der Waals surface area contributed by atoms with Crippen LogP contribution in [0.5, 0.6) is 5.75 Å². The van der Waals surface area contributed by atoms with Gasteiger partial charge in [0.25, 0.3) is 0 Å². The lowest BCUT2D eigenvalue weighted by molar-refractivity contribution is -0.126. The number of pyridine rings is 1. The highest BCUT2D eigenvalue weighted by atomic mass is 19.1. The molecule has 4 rings (SSSR count). The third kappa shape index (κ3) is 6.04. The van der Waals surface area contributed by atoms with Gasteiger partial charge in [-0.2, -0.15) is 0 Å². The molecule has 36 heavy (non-hydrogen) atoms. The van der Waals surface area contributed by atoms with E-state index in [-0.39, 0.29) is 18.3 Å². The van der Waals surface area contributed by atoms with E-state index in [0.717, 1.165) is 35.2 Å². The van der Waals surface area contributed by atoms with Gasteiger partial charge in [-0.25, -0.2) is 8.78 Å². The highest BCUT2D eigenvalue weighted by Crippen LogP contribution is 2.32. The van der Waals surface area contributed by atoms with Gasteiger partial charge in [0.05, 0.1) is 43.7 Å². The predicted octanol–water partition coefficient (Wildman–Crippen LogP) is 3.68. The minimum atomic E-state index is -0.831. The molecule has 1 aromatic heterocycles. The predicted molar refractivity (Wildman–Crippen MR) is 130 cm³/mol. The Morgan fingerprint density at radius 2 is 2.11 bits per heavy atom. The summed E-state index contributed by atoms with van der Waals surface area (Å²) in [5, 5.41) is 24.4. The third-order valence-electron chi connectivity index (χ3n) is 6.31. The van der Waals surface area contributed by atoms with Crippen LogP contribution in [-0.2, 0) is 9.53 Å². The Hall–Kier alpha value is -3.40. The molecule has 0 spiro atoms. The summed E-state index contributed by atoms with van der Waals surface area (Å²) in [5.74, 6) is -1.17. The Kier molecular flexibility index (Phi) is 8.25. The summed E-state index contributed by atoms with van der Waals surface area (Å²) in [6.07, 6.45) is 3.45. The van der Waals surface area contributed by atoms with E-state index >= 15 is 0 Å². The van der Waals surface area contributed by atoms with Crippen molar-refractivity contribution in [2.24, 2.45) is 0 Å². The number of aliphatic hydroxyl groups is 2. The number of methoxy groups -OCH3 is 1. The van der Waals surface area contributed by atoms with Gasteiger partial charge in [0.2, 0.25) is 5.91 Å². The normalized spacial score (nSPS) is 21.0. The van der Waals surface area contributed by atoms with E-state index in [1.54, 1.807) is 13.3 Å². The van der Waals surface area contributed by atoms with Gasteiger partial charge in [-0.05, 0) is 54.8 Å². The molecule has 0 unspecified atom stereocenters. The maximum Gasteiger partial charge on any atom is 0.244 e. The standard InChI is InChI=1S/C27H28F2N2O5/c1-35-19-12-21-20(3-2-4-23(21)30-14-19)25(33)13-18-7-9-24(26(15-32)36-18)31-27(34)10-5-16-11-17(28)6-8-22(16)29/h2-6,8,10-12,14,18,24-26,32-33H,7,9,13,15H2,1H3,(H,31,34)/b10-5+/t18-,24+,25-,26+/m0/s1. The highest BCUT2D eigenvalue weighted by Gasteiger charge is 2.33. The van der Waals surface area contributed by atoms with Gasteiger partial charge in [0.15, 0.2) is 0 Å². The van der Waals surface area contributed by atoms with E-state index in [9.17, 15) is 23.8 Å². The summed E-state index contributed by atoms with van der Waals surface area (Å²) >= 11 is 0. The van der Waals surface area contributed by atoms with Crippen LogP contribution in [0.4, 0.5) is 8.78 Å². The van der Waals surface area contributed by atoms with Crippen molar-refractivity contribution in [1.29, 1.82) is 0 Å². The Morgan fingerprint density at radius 3 is 2.89 bits per heavy atom. The van der Waals surface area contributed by atoms with Gasteiger partial charge < -0.3 is 25.0 Å². The minimum absolute atomic E-state index is 0.0425. The van der Waals surface area contributed by atoms with Crippen molar-refractivity contribution in [2.45, 2.75) is 43.6 Å². The van der Waals surface area contributed by atoms with Crippen molar-refractivity contribution in [3.63, 3.8) is 0 Å². The summed E-state index contributed by atoms with van der Waals surface area (Å²) in [7, 11) is 1.55. The van der Waals surface area contributed by atoms with Gasteiger partial charge in [0, 0.05) is 23.4 Å². The second-order valence-electron chi connectivity index (χ2n) is 8.71. The molecule has 1 amide bonds. The number of amides is 1. The van der Waals surface area contributed by atoms with Gasteiger partial charge >= 0.3 is 0 Å². The number of hydrogen-bond acceptors (Lipinski definition) is 6. The number of aromatic nitrogens is 1. The molecule has 1 saturated heterocycles. The van der Waals surface area contributed by atoms with Crippen LogP contribution >= 0.6 is 0 Å². The zero-order valence-corrected chi connectivity index (χ0v) is 19.7. The first-order valence-electron chi connectivity index (χ1n) is 11.7. The number of nitrogens with one attached hydrogen (secondary N) is 1. The quantitative estimate of drug-likeness (QED) is 0.410. The molecular weight excluding hydrogens is 470 g/mol. The number of nitrogens with zero attached hydrogens (tertiary/aromatic N) is 1. The Morgan fingerprint density at radius 1 is 1.28 bits per heavy atom. The van der Waals surface area contributed by atoms with Gasteiger partial charge in [0.1, 0.15) is 23.5 Å². The third-order valence-corrected chi connectivity index (χ3v) is 6.31. The maximum atomic E-state index is 13.8. The topological polar surface area (TPSA) is 101 Å². The lowest BCUT2D eigenvalue weighted by Gasteiger charge is -2.36. The van der Waals surface area contributed by atoms with Crippen molar-refractivity contribution < 1.29 is 33.3 Å². The van der Waals surface area contributed by atoms with Gasteiger partial charge in [-0.1, -0.05) is 12.1 Å². The fourth-order valence-corrected chi connectivity index (χ4v) is 4.44. The van der Waals surface area contributed by atoms with E-state index in [1.807, 2.05) is 24.3 Å². The molecule has 1 aliphatic rings. The molecule has 190 valence electrons. The van der Waals surface area contributed by atoms with E-state index in [4.69, 9.17) is 9.47 Å². The first-order valence-corrected chi connectivity index (χ1v) is 11.7. The van der Waals surface area contributed by atoms with Crippen molar-refractivity contribution in [1.82, 2.24) is 10.3 Å². The molecular formula is C27H28F2N2O5. The van der Waals surface area contributed by atoms with E-state index in [1.165, 1.54) is 6.08 Å². The smallest absolute Gasteiger partial charge is 0.244 e. The van der Waals surface area contributed by atoms with Crippen LogP contribution in [0.25, 0.3) is 17.0 Å². The number of hydrogen-bond donors (Lipinski definition) is 3. The summed E-state index contributed by atoms with van der Waals surface area (Å²) in [5.41, 5.74) is 1.39. The van der Waals surface area contributed by atoms with Crippen LogP contribution in [0.1, 0.15) is 36.5 Å². The number of aliphatic hydroxyl groups excluding tert-OH is 2. The minimum Gasteiger partial charge on any atom is -0.495 e. The Labute approximate surface area is 207 Å². The van der Waals surface area contributed by atoms with Crippen molar-refractivity contribution >= 4 is 22.9 Å². The molecule has 0 saturated carbocycles. The van der Waals surface area contributed by atoms with Crippen molar-refractivity contribution in [3.05, 3.63) is 77.5 Å².